The molecule has 2 atom stereocenters. The van der Waals surface area contributed by atoms with Gasteiger partial charge in [0.2, 0.25) is 5.91 Å². The Bertz CT molecular complexity index is 508. The number of hydrogen-bond acceptors (Lipinski definition) is 2. The van der Waals surface area contributed by atoms with Gasteiger partial charge in [-0.25, -0.2) is 0 Å². The first-order valence-electron chi connectivity index (χ1n) is 7.79. The van der Waals surface area contributed by atoms with Crippen LogP contribution in [-0.2, 0) is 9.59 Å². The van der Waals surface area contributed by atoms with E-state index >= 15 is 0 Å². The topological polar surface area (TPSA) is 57.6 Å². The lowest BCUT2D eigenvalue weighted by molar-refractivity contribution is -0.142. The van der Waals surface area contributed by atoms with Gasteiger partial charge in [0.1, 0.15) is 0 Å². The molecule has 122 valence electrons. The van der Waals surface area contributed by atoms with Crippen LogP contribution in [0.4, 0.5) is 0 Å². The first-order valence-corrected chi connectivity index (χ1v) is 7.79. The van der Waals surface area contributed by atoms with Crippen molar-refractivity contribution in [3.05, 3.63) is 35.4 Å². The molecule has 0 saturated heterocycles. The average molecular weight is 305 g/mol. The molecule has 2 unspecified atom stereocenters. The molecule has 22 heavy (non-hydrogen) atoms. The summed E-state index contributed by atoms with van der Waals surface area (Å²) in [6.07, 6.45) is 0.393. The maximum absolute atomic E-state index is 12.2. The molecule has 0 fully saturated rings. The lowest BCUT2D eigenvalue weighted by Gasteiger charge is -2.21. The third kappa shape index (κ3) is 5.17. The van der Waals surface area contributed by atoms with E-state index in [9.17, 15) is 9.59 Å². The van der Waals surface area contributed by atoms with E-state index in [4.69, 9.17) is 5.11 Å². The first-order chi connectivity index (χ1) is 10.2. The van der Waals surface area contributed by atoms with Gasteiger partial charge in [0.05, 0.1) is 5.92 Å². The number of carbonyl (C=O) groups is 2. The van der Waals surface area contributed by atoms with Crippen LogP contribution in [0.1, 0.15) is 57.1 Å². The quantitative estimate of drug-likeness (QED) is 0.839. The number of hydrogen-bond donors (Lipinski definition) is 1. The van der Waals surface area contributed by atoms with Crippen LogP contribution in [0.5, 0.6) is 0 Å². The molecule has 1 amide bonds. The molecule has 4 nitrogen and oxygen atoms in total. The molecule has 0 heterocycles. The molecular formula is C18H27NO3. The number of aliphatic carboxylic acids is 1. The van der Waals surface area contributed by atoms with Crippen LogP contribution in [0, 0.1) is 5.92 Å². The van der Waals surface area contributed by atoms with E-state index in [1.807, 2.05) is 6.92 Å². The Morgan fingerprint density at radius 2 is 1.55 bits per heavy atom. The van der Waals surface area contributed by atoms with Gasteiger partial charge in [-0.15, -0.1) is 0 Å². The molecular weight excluding hydrogens is 278 g/mol. The summed E-state index contributed by atoms with van der Waals surface area (Å²) < 4.78 is 0. The molecule has 1 N–H and O–H groups in total. The Balaban J connectivity index is 2.61. The maximum Gasteiger partial charge on any atom is 0.308 e. The molecule has 0 radical (unpaired) electrons. The van der Waals surface area contributed by atoms with Crippen molar-refractivity contribution in [2.75, 3.05) is 13.6 Å². The zero-order valence-corrected chi connectivity index (χ0v) is 14.2. The Kier molecular flexibility index (Phi) is 6.60. The molecule has 0 aliphatic rings. The van der Waals surface area contributed by atoms with Gasteiger partial charge in [-0.05, 0) is 23.0 Å². The summed E-state index contributed by atoms with van der Waals surface area (Å²) in [5, 5.41) is 8.91. The number of carboxylic acids is 1. The minimum Gasteiger partial charge on any atom is -0.481 e. The van der Waals surface area contributed by atoms with Crippen molar-refractivity contribution < 1.29 is 14.7 Å². The van der Waals surface area contributed by atoms with Crippen molar-refractivity contribution >= 4 is 11.9 Å². The summed E-state index contributed by atoms with van der Waals surface area (Å²) in [6.45, 7) is 8.19. The molecule has 0 spiro atoms. The molecule has 0 bridgehead atoms. The molecule has 1 rings (SSSR count). The number of carboxylic acid groups (broad SMARTS) is 1. The minimum atomic E-state index is -0.878. The fourth-order valence-electron chi connectivity index (χ4n) is 2.34. The zero-order valence-electron chi connectivity index (χ0n) is 14.2. The highest BCUT2D eigenvalue weighted by molar-refractivity contribution is 5.78. The van der Waals surface area contributed by atoms with Crippen molar-refractivity contribution in [1.82, 2.24) is 4.90 Å². The highest BCUT2D eigenvalue weighted by Gasteiger charge is 2.19. The lowest BCUT2D eigenvalue weighted by Crippen LogP contribution is -2.34. The summed E-state index contributed by atoms with van der Waals surface area (Å²) in [5.41, 5.74) is 2.42. The Morgan fingerprint density at radius 3 is 2.00 bits per heavy atom. The Labute approximate surface area is 133 Å². The standard InChI is InChI=1S/C18H27NO3/c1-12(2)15-6-8-16(9-7-15)13(3)10-17(20)19(5)11-14(4)18(21)22/h6-9,12-14H,10-11H2,1-5H3,(H,21,22). The number of carbonyl (C=O) groups excluding carboxylic acids is 1. The van der Waals surface area contributed by atoms with E-state index in [2.05, 4.69) is 38.1 Å². The van der Waals surface area contributed by atoms with Gasteiger partial charge in [-0.1, -0.05) is 52.0 Å². The first kappa shape index (κ1) is 18.2. The second-order valence-electron chi connectivity index (χ2n) is 6.44. The Hall–Kier alpha value is -1.84. The molecule has 1 aromatic rings. The van der Waals surface area contributed by atoms with Crippen molar-refractivity contribution in [3.63, 3.8) is 0 Å². The van der Waals surface area contributed by atoms with Gasteiger partial charge >= 0.3 is 5.97 Å². The highest BCUT2D eigenvalue weighted by atomic mass is 16.4. The number of rotatable bonds is 7. The summed E-state index contributed by atoms with van der Waals surface area (Å²) in [5.74, 6) is -0.828. The normalized spacial score (nSPS) is 13.7. The number of benzene rings is 1. The second kappa shape index (κ2) is 7.97. The fourth-order valence-corrected chi connectivity index (χ4v) is 2.34. The van der Waals surface area contributed by atoms with Crippen LogP contribution < -0.4 is 0 Å². The van der Waals surface area contributed by atoms with E-state index < -0.39 is 11.9 Å². The molecule has 4 heteroatoms. The van der Waals surface area contributed by atoms with Gasteiger partial charge in [0.25, 0.3) is 0 Å². The van der Waals surface area contributed by atoms with Crippen LogP contribution in [0.25, 0.3) is 0 Å². The smallest absolute Gasteiger partial charge is 0.308 e. The molecule has 1 aromatic carbocycles. The van der Waals surface area contributed by atoms with Crippen LogP contribution in [0.3, 0.4) is 0 Å². The zero-order chi connectivity index (χ0) is 16.9. The lowest BCUT2D eigenvalue weighted by atomic mass is 9.94. The van der Waals surface area contributed by atoms with Gasteiger partial charge < -0.3 is 10.0 Å². The summed E-state index contributed by atoms with van der Waals surface area (Å²) in [7, 11) is 1.66. The predicted molar refractivity (Wildman–Crippen MR) is 88.0 cm³/mol. The summed E-state index contributed by atoms with van der Waals surface area (Å²) in [4.78, 5) is 24.6. The Morgan fingerprint density at radius 1 is 1.05 bits per heavy atom. The van der Waals surface area contributed by atoms with Crippen LogP contribution in [-0.4, -0.2) is 35.5 Å². The van der Waals surface area contributed by atoms with Crippen molar-refractivity contribution in [2.45, 2.75) is 46.0 Å². The third-order valence-electron chi connectivity index (χ3n) is 4.05. The van der Waals surface area contributed by atoms with Crippen LogP contribution in [0.2, 0.25) is 0 Å². The minimum absolute atomic E-state index is 0.0199. The SMILES string of the molecule is CC(CN(C)C(=O)CC(C)c1ccc(C(C)C)cc1)C(=O)O. The van der Waals surface area contributed by atoms with E-state index in [0.29, 0.717) is 12.3 Å². The van der Waals surface area contributed by atoms with Gasteiger partial charge in [0, 0.05) is 20.0 Å². The van der Waals surface area contributed by atoms with E-state index in [1.165, 1.54) is 10.5 Å². The largest absolute Gasteiger partial charge is 0.481 e. The number of amides is 1. The maximum atomic E-state index is 12.2. The van der Waals surface area contributed by atoms with Crippen LogP contribution >= 0.6 is 0 Å². The molecule has 0 aliphatic carbocycles. The van der Waals surface area contributed by atoms with Gasteiger partial charge in [0.15, 0.2) is 0 Å². The highest BCUT2D eigenvalue weighted by Crippen LogP contribution is 2.23. The number of nitrogens with zero attached hydrogens (tertiary/aromatic N) is 1. The van der Waals surface area contributed by atoms with E-state index in [-0.39, 0.29) is 18.4 Å². The van der Waals surface area contributed by atoms with Crippen LogP contribution in [0.15, 0.2) is 24.3 Å². The summed E-state index contributed by atoms with van der Waals surface area (Å²) in [6, 6.07) is 8.37. The monoisotopic (exact) mass is 305 g/mol. The van der Waals surface area contributed by atoms with E-state index in [1.54, 1.807) is 14.0 Å². The molecule has 0 saturated carbocycles. The predicted octanol–water partition coefficient (Wildman–Crippen LogP) is 3.48. The second-order valence-corrected chi connectivity index (χ2v) is 6.44. The third-order valence-corrected chi connectivity index (χ3v) is 4.05. The van der Waals surface area contributed by atoms with Crippen molar-refractivity contribution in [3.8, 4) is 0 Å². The van der Waals surface area contributed by atoms with E-state index in [0.717, 1.165) is 5.56 Å². The summed E-state index contributed by atoms with van der Waals surface area (Å²) >= 11 is 0. The van der Waals surface area contributed by atoms with Crippen molar-refractivity contribution in [1.29, 1.82) is 0 Å². The van der Waals surface area contributed by atoms with Gasteiger partial charge in [-0.3, -0.25) is 9.59 Å². The molecule has 0 aliphatic heterocycles. The van der Waals surface area contributed by atoms with Gasteiger partial charge in [-0.2, -0.15) is 0 Å². The molecule has 0 aromatic heterocycles. The average Bonchev–Trinajstić information content (AvgIpc) is 2.46. The van der Waals surface area contributed by atoms with Crippen molar-refractivity contribution in [2.24, 2.45) is 5.92 Å². The fraction of sp³-hybridized carbons (Fsp3) is 0.556.